The highest BCUT2D eigenvalue weighted by Gasteiger charge is 2.34. The van der Waals surface area contributed by atoms with E-state index >= 15 is 0 Å². The number of aromatic amines is 1. The van der Waals surface area contributed by atoms with Crippen molar-refractivity contribution in [3.8, 4) is 11.6 Å². The first kappa shape index (κ1) is 40.6. The lowest BCUT2D eigenvalue weighted by Crippen LogP contribution is -2.14. The van der Waals surface area contributed by atoms with Gasteiger partial charge in [-0.25, -0.2) is 50.7 Å². The van der Waals surface area contributed by atoms with Gasteiger partial charge in [-0.2, -0.15) is 27.8 Å². The third kappa shape index (κ3) is 11.7. The number of nitrogen functional groups attached to an aromatic ring is 2. The molecule has 0 fully saturated rings. The smallest absolute Gasteiger partial charge is 0.384 e. The zero-order chi connectivity index (χ0) is 40.3. The number of carbonyl (C=O) groups excluding carboxylic acids is 1. The Morgan fingerprint density at radius 3 is 1.69 bits per heavy atom. The average Bonchev–Trinajstić information content (AvgIpc) is 3.90. The molecule has 6 heterocycles. The summed E-state index contributed by atoms with van der Waals surface area (Å²) in [6, 6.07) is 10.8. The second kappa shape index (κ2) is 18.1. The number of carbonyl (C=O) groups is 1. The first-order valence-corrected chi connectivity index (χ1v) is 14.9. The van der Waals surface area contributed by atoms with E-state index in [1.165, 1.54) is 36.7 Å². The number of hydrogen-bond donors (Lipinski definition) is 3. The Balaban J connectivity index is 0.000000191. The molecular formula is C33H23F10N11O. The van der Waals surface area contributed by atoms with Crippen molar-refractivity contribution >= 4 is 17.4 Å². The van der Waals surface area contributed by atoms with E-state index in [-0.39, 0.29) is 23.1 Å². The van der Waals surface area contributed by atoms with Crippen LogP contribution in [0, 0.1) is 40.9 Å². The van der Waals surface area contributed by atoms with Crippen LogP contribution in [0.25, 0.3) is 11.6 Å². The monoisotopic (exact) mass is 779 g/mol. The van der Waals surface area contributed by atoms with Crippen LogP contribution in [0.15, 0.2) is 97.8 Å². The van der Waals surface area contributed by atoms with Gasteiger partial charge >= 0.3 is 6.18 Å². The number of pyridine rings is 3. The number of H-pyrrole nitrogens is 1. The number of hydrogen-bond acceptors (Lipinski definition) is 9. The fraction of sp³-hybridized carbons (Fsp3) is 0.0606. The molecule has 0 saturated heterocycles. The SMILES string of the molecule is Fc1cnc(F)c(F)c1.Nc1ccn(-c2ncc(F)cc2F)n1.Nc1ccn[nH]1.O=C(Cc1ccn(-c2ncc(F)cc2F)n1)c1ccccc1C(F)(F)F. The summed E-state index contributed by atoms with van der Waals surface area (Å²) in [5.74, 6) is -7.07. The summed E-state index contributed by atoms with van der Waals surface area (Å²) in [6.07, 6.45) is 1.57. The third-order valence-corrected chi connectivity index (χ3v) is 6.42. The molecule has 0 radical (unpaired) electrons. The van der Waals surface area contributed by atoms with Gasteiger partial charge in [0.05, 0.1) is 42.5 Å². The van der Waals surface area contributed by atoms with E-state index < -0.39 is 70.4 Å². The summed E-state index contributed by atoms with van der Waals surface area (Å²) in [5.41, 5.74) is 9.12. The summed E-state index contributed by atoms with van der Waals surface area (Å²) >= 11 is 0. The Bertz CT molecular complexity index is 2350. The molecule has 55 heavy (non-hydrogen) atoms. The summed E-state index contributed by atoms with van der Waals surface area (Å²) in [5, 5.41) is 13.8. The Morgan fingerprint density at radius 2 is 1.24 bits per heavy atom. The molecule has 0 saturated carbocycles. The van der Waals surface area contributed by atoms with E-state index in [1.54, 1.807) is 12.3 Å². The number of rotatable bonds is 5. The highest BCUT2D eigenvalue weighted by molar-refractivity contribution is 5.98. The van der Waals surface area contributed by atoms with Gasteiger partial charge in [-0.05, 0) is 18.2 Å². The molecule has 0 unspecified atom stereocenters. The zero-order valence-electron chi connectivity index (χ0n) is 27.4. The van der Waals surface area contributed by atoms with Gasteiger partial charge in [-0.3, -0.25) is 9.89 Å². The number of halogens is 10. The highest BCUT2D eigenvalue weighted by Crippen LogP contribution is 2.32. The first-order valence-electron chi connectivity index (χ1n) is 14.9. The quantitative estimate of drug-likeness (QED) is 0.0988. The molecule has 0 bridgehead atoms. The van der Waals surface area contributed by atoms with Crippen molar-refractivity contribution in [3.05, 3.63) is 156 Å². The van der Waals surface area contributed by atoms with Crippen LogP contribution in [-0.2, 0) is 12.6 Å². The Kier molecular flexibility index (Phi) is 13.4. The van der Waals surface area contributed by atoms with E-state index in [2.05, 4.69) is 35.3 Å². The minimum absolute atomic E-state index is 0.0805. The number of nitrogens with one attached hydrogen (secondary N) is 1. The van der Waals surface area contributed by atoms with E-state index in [0.717, 1.165) is 40.0 Å². The molecule has 286 valence electrons. The summed E-state index contributed by atoms with van der Waals surface area (Å²) in [4.78, 5) is 22.1. The topological polar surface area (TPSA) is 172 Å². The highest BCUT2D eigenvalue weighted by atomic mass is 19.4. The van der Waals surface area contributed by atoms with Crippen molar-refractivity contribution in [2.75, 3.05) is 11.5 Å². The fourth-order valence-electron chi connectivity index (χ4n) is 4.08. The maximum absolute atomic E-state index is 13.7. The summed E-state index contributed by atoms with van der Waals surface area (Å²) in [6.45, 7) is 0. The lowest BCUT2D eigenvalue weighted by molar-refractivity contribution is -0.137. The van der Waals surface area contributed by atoms with Crippen LogP contribution < -0.4 is 11.5 Å². The molecule has 22 heteroatoms. The average molecular weight is 780 g/mol. The first-order chi connectivity index (χ1) is 26.0. The van der Waals surface area contributed by atoms with Crippen molar-refractivity contribution in [2.45, 2.75) is 12.6 Å². The van der Waals surface area contributed by atoms with E-state index in [1.807, 2.05) is 0 Å². The number of alkyl halides is 3. The number of ketones is 1. The van der Waals surface area contributed by atoms with Crippen LogP contribution in [-0.4, -0.2) is 50.5 Å². The Labute approximate surface area is 302 Å². The van der Waals surface area contributed by atoms with Crippen molar-refractivity contribution in [2.24, 2.45) is 0 Å². The number of nitrogens with two attached hydrogens (primary N) is 2. The van der Waals surface area contributed by atoms with Gasteiger partial charge in [0, 0.05) is 42.2 Å². The van der Waals surface area contributed by atoms with Crippen molar-refractivity contribution < 1.29 is 48.7 Å². The molecule has 7 aromatic rings. The molecule has 0 spiro atoms. The van der Waals surface area contributed by atoms with Crippen LogP contribution in [0.1, 0.15) is 21.6 Å². The predicted molar refractivity (Wildman–Crippen MR) is 174 cm³/mol. The van der Waals surface area contributed by atoms with Gasteiger partial charge < -0.3 is 11.5 Å². The molecule has 0 aliphatic heterocycles. The van der Waals surface area contributed by atoms with E-state index in [4.69, 9.17) is 11.5 Å². The van der Waals surface area contributed by atoms with Crippen molar-refractivity contribution in [1.82, 2.24) is 44.7 Å². The van der Waals surface area contributed by atoms with Gasteiger partial charge in [0.2, 0.25) is 5.95 Å². The van der Waals surface area contributed by atoms with Crippen LogP contribution in [0.3, 0.4) is 0 Å². The Hall–Kier alpha value is -7.13. The number of Topliss-reactive ketones (excluding diaryl/α,β-unsaturated/α-hetero) is 1. The Morgan fingerprint density at radius 1 is 0.691 bits per heavy atom. The van der Waals surface area contributed by atoms with Crippen LogP contribution >= 0.6 is 0 Å². The van der Waals surface area contributed by atoms with Gasteiger partial charge in [-0.1, -0.05) is 18.2 Å². The minimum Gasteiger partial charge on any atom is -0.384 e. The second-order valence-electron chi connectivity index (χ2n) is 10.4. The molecular weight excluding hydrogens is 756 g/mol. The van der Waals surface area contributed by atoms with Crippen molar-refractivity contribution in [3.63, 3.8) is 0 Å². The maximum Gasteiger partial charge on any atom is 0.417 e. The molecule has 6 aromatic heterocycles. The number of nitrogens with zero attached hydrogens (tertiary/aromatic N) is 8. The molecule has 0 aliphatic rings. The van der Waals surface area contributed by atoms with E-state index in [9.17, 15) is 48.7 Å². The third-order valence-electron chi connectivity index (χ3n) is 6.42. The summed E-state index contributed by atoms with van der Waals surface area (Å²) < 4.78 is 129. The standard InChI is InChI=1S/C17H10F5N3O.C8H6F2N4.C5H2F3N.C3H5N3/c18-10-7-14(19)16(23-9-10)25-6-5-11(24-25)8-15(26)12-3-1-2-4-13(12)17(20,21)22;9-5-3-6(10)8(12-4-5)14-2-1-7(11)13-14;6-3-1-4(7)5(8)9-2-3;4-3-1-2-5-6-3/h1-7,9H,8H2;1-4H,(H2,11,13);1-2H;1-2H,(H3,4,5,6). The lowest BCUT2D eigenvalue weighted by Gasteiger charge is -2.11. The van der Waals surface area contributed by atoms with Crippen molar-refractivity contribution in [1.29, 1.82) is 0 Å². The maximum atomic E-state index is 13.7. The van der Waals surface area contributed by atoms with Gasteiger partial charge in [0.25, 0.3) is 0 Å². The molecule has 12 nitrogen and oxygen atoms in total. The lowest BCUT2D eigenvalue weighted by atomic mass is 10.0. The van der Waals surface area contributed by atoms with Gasteiger partial charge in [0.1, 0.15) is 29.1 Å². The largest absolute Gasteiger partial charge is 0.417 e. The minimum atomic E-state index is -4.66. The molecule has 7 rings (SSSR count). The van der Waals surface area contributed by atoms with Gasteiger partial charge in [-0.15, -0.1) is 5.10 Å². The zero-order valence-corrected chi connectivity index (χ0v) is 27.4. The molecule has 0 aliphatic carbocycles. The number of anilines is 2. The number of benzene rings is 1. The number of aromatic nitrogens is 9. The summed E-state index contributed by atoms with van der Waals surface area (Å²) in [7, 11) is 0. The molecule has 0 atom stereocenters. The molecule has 5 N–H and O–H groups in total. The molecule has 1 aromatic carbocycles. The van der Waals surface area contributed by atoms with Gasteiger partial charge in [0.15, 0.2) is 34.9 Å². The van der Waals surface area contributed by atoms with Crippen LogP contribution in [0.5, 0.6) is 0 Å². The van der Waals surface area contributed by atoms with Crippen LogP contribution in [0.2, 0.25) is 0 Å². The van der Waals surface area contributed by atoms with Crippen LogP contribution in [0.4, 0.5) is 55.5 Å². The molecule has 0 amide bonds. The fourth-order valence-corrected chi connectivity index (χ4v) is 4.08. The second-order valence-corrected chi connectivity index (χ2v) is 10.4. The normalized spacial score (nSPS) is 10.7. The predicted octanol–water partition coefficient (Wildman–Crippen LogP) is 6.61. The van der Waals surface area contributed by atoms with E-state index in [0.29, 0.717) is 24.1 Å².